The monoisotopic (exact) mass is 326 g/mol. The quantitative estimate of drug-likeness (QED) is 0.562. The van der Waals surface area contributed by atoms with E-state index in [1.165, 1.54) is 11.1 Å². The minimum atomic E-state index is 0.614. The minimum absolute atomic E-state index is 0.614. The standard InChI is InChI=1S/C21H18N4/c1-13-8-9-14(2)18(10-13)23-20-11-15(3)16(12-22)21-24-17-6-4-5-7-19(17)25(20)21/h4-11,23H,1-3H3. The van der Waals surface area contributed by atoms with Crippen LogP contribution in [-0.4, -0.2) is 9.38 Å². The van der Waals surface area contributed by atoms with Gasteiger partial charge in [0.2, 0.25) is 0 Å². The summed E-state index contributed by atoms with van der Waals surface area (Å²) in [5.74, 6) is 0.911. The van der Waals surface area contributed by atoms with E-state index in [1.54, 1.807) is 0 Å². The number of hydrogen-bond acceptors (Lipinski definition) is 3. The van der Waals surface area contributed by atoms with Crippen LogP contribution in [0.2, 0.25) is 0 Å². The second-order valence-electron chi connectivity index (χ2n) is 6.40. The molecule has 0 atom stereocenters. The van der Waals surface area contributed by atoms with Gasteiger partial charge in [-0.05, 0) is 61.7 Å². The Kier molecular flexibility index (Phi) is 3.43. The zero-order valence-electron chi connectivity index (χ0n) is 14.5. The summed E-state index contributed by atoms with van der Waals surface area (Å²) in [5, 5.41) is 13.1. The Hall–Kier alpha value is -3.32. The van der Waals surface area contributed by atoms with E-state index in [1.807, 2.05) is 41.7 Å². The van der Waals surface area contributed by atoms with Crippen molar-refractivity contribution in [3.05, 3.63) is 70.8 Å². The van der Waals surface area contributed by atoms with Gasteiger partial charge in [-0.3, -0.25) is 4.40 Å². The Morgan fingerprint density at radius 3 is 2.60 bits per heavy atom. The maximum atomic E-state index is 9.58. The number of nitrogens with zero attached hydrogens (tertiary/aromatic N) is 3. The molecule has 0 bridgehead atoms. The van der Waals surface area contributed by atoms with Gasteiger partial charge >= 0.3 is 0 Å². The van der Waals surface area contributed by atoms with E-state index >= 15 is 0 Å². The van der Waals surface area contributed by atoms with Crippen molar-refractivity contribution < 1.29 is 0 Å². The summed E-state index contributed by atoms with van der Waals surface area (Å²) in [6.45, 7) is 6.12. The highest BCUT2D eigenvalue weighted by molar-refractivity contribution is 5.86. The van der Waals surface area contributed by atoms with Crippen LogP contribution >= 0.6 is 0 Å². The van der Waals surface area contributed by atoms with Crippen molar-refractivity contribution in [1.82, 2.24) is 9.38 Å². The molecule has 0 aliphatic heterocycles. The maximum Gasteiger partial charge on any atom is 0.157 e. The highest BCUT2D eigenvalue weighted by Crippen LogP contribution is 2.29. The second kappa shape index (κ2) is 5.64. The average Bonchev–Trinajstić information content (AvgIpc) is 2.97. The highest BCUT2D eigenvalue weighted by atomic mass is 15.1. The summed E-state index contributed by atoms with van der Waals surface area (Å²) in [6.07, 6.45) is 0. The summed E-state index contributed by atoms with van der Waals surface area (Å²) in [6, 6.07) is 18.6. The molecule has 0 amide bonds. The molecule has 0 saturated heterocycles. The van der Waals surface area contributed by atoms with Gasteiger partial charge in [0.1, 0.15) is 11.9 Å². The Balaban J connectivity index is 2.03. The molecular formula is C21H18N4. The van der Waals surface area contributed by atoms with E-state index in [-0.39, 0.29) is 0 Å². The van der Waals surface area contributed by atoms with E-state index < -0.39 is 0 Å². The fourth-order valence-corrected chi connectivity index (χ4v) is 3.19. The average molecular weight is 326 g/mol. The molecule has 0 spiro atoms. The molecule has 4 aromatic rings. The molecule has 122 valence electrons. The molecule has 0 fully saturated rings. The molecule has 0 aliphatic rings. The van der Waals surface area contributed by atoms with Crippen LogP contribution in [0.4, 0.5) is 11.5 Å². The largest absolute Gasteiger partial charge is 0.341 e. The zero-order chi connectivity index (χ0) is 17.6. The van der Waals surface area contributed by atoms with Gasteiger partial charge in [-0.15, -0.1) is 0 Å². The number of hydrogen-bond donors (Lipinski definition) is 1. The highest BCUT2D eigenvalue weighted by Gasteiger charge is 2.15. The third-order valence-electron chi connectivity index (χ3n) is 4.54. The minimum Gasteiger partial charge on any atom is -0.341 e. The third-order valence-corrected chi connectivity index (χ3v) is 4.54. The van der Waals surface area contributed by atoms with Crippen LogP contribution in [-0.2, 0) is 0 Å². The molecule has 0 saturated carbocycles. The van der Waals surface area contributed by atoms with Crippen molar-refractivity contribution in [2.75, 3.05) is 5.32 Å². The predicted molar refractivity (Wildman–Crippen MR) is 101 cm³/mol. The van der Waals surface area contributed by atoms with Crippen molar-refractivity contribution in [1.29, 1.82) is 5.26 Å². The van der Waals surface area contributed by atoms with Crippen molar-refractivity contribution in [2.45, 2.75) is 20.8 Å². The van der Waals surface area contributed by atoms with Gasteiger partial charge < -0.3 is 5.32 Å². The first-order valence-corrected chi connectivity index (χ1v) is 8.23. The van der Waals surface area contributed by atoms with Gasteiger partial charge in [0.25, 0.3) is 0 Å². The number of anilines is 2. The Labute approximate surface area is 146 Å². The molecule has 0 aliphatic carbocycles. The smallest absolute Gasteiger partial charge is 0.157 e. The van der Waals surface area contributed by atoms with Crippen molar-refractivity contribution in [3.63, 3.8) is 0 Å². The normalized spacial score (nSPS) is 11.0. The van der Waals surface area contributed by atoms with E-state index in [4.69, 9.17) is 0 Å². The lowest BCUT2D eigenvalue weighted by Gasteiger charge is -2.14. The Morgan fingerprint density at radius 2 is 1.80 bits per heavy atom. The van der Waals surface area contributed by atoms with Crippen molar-refractivity contribution in [3.8, 4) is 6.07 Å². The van der Waals surface area contributed by atoms with Crippen molar-refractivity contribution >= 4 is 28.2 Å². The fourth-order valence-electron chi connectivity index (χ4n) is 3.19. The van der Waals surface area contributed by atoms with Gasteiger partial charge in [-0.25, -0.2) is 4.98 Å². The number of nitriles is 1. The molecule has 4 nitrogen and oxygen atoms in total. The number of aryl methyl sites for hydroxylation is 3. The van der Waals surface area contributed by atoms with Crippen LogP contribution in [0.5, 0.6) is 0 Å². The van der Waals surface area contributed by atoms with E-state index in [9.17, 15) is 5.26 Å². The topological polar surface area (TPSA) is 53.1 Å². The maximum absolute atomic E-state index is 9.58. The number of pyridine rings is 1. The summed E-state index contributed by atoms with van der Waals surface area (Å²) in [7, 11) is 0. The zero-order valence-corrected chi connectivity index (χ0v) is 14.5. The number of benzene rings is 2. The third kappa shape index (κ3) is 2.41. The molecule has 2 aromatic carbocycles. The van der Waals surface area contributed by atoms with Crippen LogP contribution in [0.3, 0.4) is 0 Å². The lowest BCUT2D eigenvalue weighted by atomic mass is 10.1. The fraction of sp³-hybridized carbons (Fsp3) is 0.143. The van der Waals surface area contributed by atoms with Crippen LogP contribution in [0.1, 0.15) is 22.3 Å². The first-order valence-electron chi connectivity index (χ1n) is 8.23. The second-order valence-corrected chi connectivity index (χ2v) is 6.40. The number of para-hydroxylation sites is 2. The molecule has 4 rings (SSSR count). The Bertz CT molecular complexity index is 1160. The van der Waals surface area contributed by atoms with Crippen LogP contribution in [0, 0.1) is 32.1 Å². The number of rotatable bonds is 2. The molecule has 4 heteroatoms. The molecular weight excluding hydrogens is 308 g/mol. The number of fused-ring (bicyclic) bond motifs is 3. The van der Waals surface area contributed by atoms with Gasteiger partial charge in [0.15, 0.2) is 5.65 Å². The number of nitrogens with one attached hydrogen (secondary N) is 1. The Morgan fingerprint density at radius 1 is 1.00 bits per heavy atom. The lowest BCUT2D eigenvalue weighted by Crippen LogP contribution is -2.03. The summed E-state index contributed by atoms with van der Waals surface area (Å²) < 4.78 is 2.03. The summed E-state index contributed by atoms with van der Waals surface area (Å²) >= 11 is 0. The molecule has 2 heterocycles. The molecule has 1 N–H and O–H groups in total. The summed E-state index contributed by atoms with van der Waals surface area (Å²) in [4.78, 5) is 4.69. The lowest BCUT2D eigenvalue weighted by molar-refractivity contribution is 1.18. The summed E-state index contributed by atoms with van der Waals surface area (Å²) in [5.41, 5.74) is 7.52. The van der Waals surface area contributed by atoms with E-state index in [0.717, 1.165) is 28.1 Å². The van der Waals surface area contributed by atoms with Crippen molar-refractivity contribution in [2.24, 2.45) is 0 Å². The SMILES string of the molecule is Cc1ccc(C)c(Nc2cc(C)c(C#N)c3nc4ccccc4n23)c1. The molecule has 25 heavy (non-hydrogen) atoms. The van der Waals surface area contributed by atoms with Gasteiger partial charge in [-0.2, -0.15) is 5.26 Å². The van der Waals surface area contributed by atoms with Crippen LogP contribution in [0.15, 0.2) is 48.5 Å². The predicted octanol–water partition coefficient (Wildman–Crippen LogP) is 5.03. The van der Waals surface area contributed by atoms with Gasteiger partial charge in [0.05, 0.1) is 16.6 Å². The van der Waals surface area contributed by atoms with Crippen LogP contribution in [0.25, 0.3) is 16.7 Å². The number of aromatic nitrogens is 2. The molecule has 2 aromatic heterocycles. The first kappa shape index (κ1) is 15.2. The molecule has 0 unspecified atom stereocenters. The molecule has 0 radical (unpaired) electrons. The first-order chi connectivity index (χ1) is 12.1. The number of imidazole rings is 1. The van der Waals surface area contributed by atoms with Gasteiger partial charge in [-0.1, -0.05) is 24.3 Å². The van der Waals surface area contributed by atoms with Crippen LogP contribution < -0.4 is 5.32 Å². The van der Waals surface area contributed by atoms with E-state index in [2.05, 4.69) is 48.4 Å². The van der Waals surface area contributed by atoms with Gasteiger partial charge in [0, 0.05) is 5.69 Å². The van der Waals surface area contributed by atoms with E-state index in [0.29, 0.717) is 11.2 Å².